The Labute approximate surface area is 132 Å². The van der Waals surface area contributed by atoms with Crippen LogP contribution in [0.5, 0.6) is 0 Å². The zero-order valence-electron chi connectivity index (χ0n) is 12.3. The van der Waals surface area contributed by atoms with E-state index in [4.69, 9.17) is 16.7 Å². The summed E-state index contributed by atoms with van der Waals surface area (Å²) in [5.41, 5.74) is 0.759. The summed E-state index contributed by atoms with van der Waals surface area (Å²) in [6, 6.07) is 5.87. The lowest BCUT2D eigenvalue weighted by Gasteiger charge is -2.21. The molecule has 0 aliphatic carbocycles. The van der Waals surface area contributed by atoms with Crippen molar-refractivity contribution in [2.45, 2.75) is 13.8 Å². The van der Waals surface area contributed by atoms with Crippen LogP contribution in [0, 0.1) is 0 Å². The SMILES string of the molecule is CCN(CC)c1cnn(-c2ccc(C(=O)O)cc2)c(=O)c1Cl. The van der Waals surface area contributed by atoms with Gasteiger partial charge in [-0.3, -0.25) is 4.79 Å². The van der Waals surface area contributed by atoms with E-state index >= 15 is 0 Å². The second kappa shape index (κ2) is 6.62. The Morgan fingerprint density at radius 2 is 1.86 bits per heavy atom. The van der Waals surface area contributed by atoms with E-state index in [1.165, 1.54) is 24.3 Å². The van der Waals surface area contributed by atoms with Crippen LogP contribution in [-0.2, 0) is 0 Å². The van der Waals surface area contributed by atoms with Crippen LogP contribution >= 0.6 is 11.6 Å². The fraction of sp³-hybridized carbons (Fsp3) is 0.267. The highest BCUT2D eigenvalue weighted by atomic mass is 35.5. The third-order valence-corrected chi connectivity index (χ3v) is 3.72. The molecule has 1 N–H and O–H groups in total. The minimum atomic E-state index is -1.03. The van der Waals surface area contributed by atoms with Gasteiger partial charge in [0, 0.05) is 13.1 Å². The molecule has 1 aromatic carbocycles. The molecule has 6 nitrogen and oxygen atoms in total. The molecule has 22 heavy (non-hydrogen) atoms. The number of hydrogen-bond donors (Lipinski definition) is 1. The topological polar surface area (TPSA) is 75.4 Å². The minimum Gasteiger partial charge on any atom is -0.478 e. The maximum atomic E-state index is 12.4. The van der Waals surface area contributed by atoms with E-state index in [0.29, 0.717) is 24.5 Å². The molecule has 0 radical (unpaired) electrons. The predicted molar refractivity (Wildman–Crippen MR) is 85.4 cm³/mol. The summed E-state index contributed by atoms with van der Waals surface area (Å²) in [4.78, 5) is 25.2. The first-order valence-corrected chi connectivity index (χ1v) is 7.23. The zero-order chi connectivity index (χ0) is 16.3. The van der Waals surface area contributed by atoms with Gasteiger partial charge in [-0.15, -0.1) is 0 Å². The van der Waals surface area contributed by atoms with Crippen molar-refractivity contribution in [3.8, 4) is 5.69 Å². The Morgan fingerprint density at radius 3 is 2.36 bits per heavy atom. The van der Waals surface area contributed by atoms with Crippen LogP contribution in [0.1, 0.15) is 24.2 Å². The molecule has 1 aromatic heterocycles. The van der Waals surface area contributed by atoms with Gasteiger partial charge in [-0.05, 0) is 38.1 Å². The van der Waals surface area contributed by atoms with Crippen LogP contribution < -0.4 is 10.5 Å². The molecule has 0 atom stereocenters. The molecule has 7 heteroatoms. The van der Waals surface area contributed by atoms with Crippen LogP contribution in [0.4, 0.5) is 5.69 Å². The molecule has 0 fully saturated rings. The van der Waals surface area contributed by atoms with E-state index in [1.807, 2.05) is 18.7 Å². The number of aromatic nitrogens is 2. The van der Waals surface area contributed by atoms with E-state index in [2.05, 4.69) is 5.10 Å². The number of halogens is 1. The summed E-state index contributed by atoms with van der Waals surface area (Å²) in [6.45, 7) is 5.37. The van der Waals surface area contributed by atoms with Crippen LogP contribution in [0.3, 0.4) is 0 Å². The highest BCUT2D eigenvalue weighted by molar-refractivity contribution is 6.33. The molecular weight excluding hydrogens is 306 g/mol. The molecule has 0 spiro atoms. The number of carboxylic acid groups (broad SMARTS) is 1. The number of aromatic carboxylic acids is 1. The van der Waals surface area contributed by atoms with Crippen molar-refractivity contribution in [3.05, 3.63) is 51.4 Å². The smallest absolute Gasteiger partial charge is 0.335 e. The van der Waals surface area contributed by atoms with Crippen molar-refractivity contribution >= 4 is 23.3 Å². The number of nitrogens with zero attached hydrogens (tertiary/aromatic N) is 3. The van der Waals surface area contributed by atoms with Gasteiger partial charge in [0.1, 0.15) is 5.02 Å². The van der Waals surface area contributed by atoms with Crippen molar-refractivity contribution in [1.29, 1.82) is 0 Å². The van der Waals surface area contributed by atoms with Gasteiger partial charge in [0.2, 0.25) is 0 Å². The van der Waals surface area contributed by atoms with E-state index in [9.17, 15) is 9.59 Å². The number of rotatable bonds is 5. The Morgan fingerprint density at radius 1 is 1.27 bits per heavy atom. The summed E-state index contributed by atoms with van der Waals surface area (Å²) >= 11 is 6.17. The van der Waals surface area contributed by atoms with Crippen LogP contribution in [0.25, 0.3) is 5.69 Å². The Kier molecular flexibility index (Phi) is 4.82. The van der Waals surface area contributed by atoms with Gasteiger partial charge >= 0.3 is 5.97 Å². The first kappa shape index (κ1) is 16.0. The third kappa shape index (κ3) is 2.96. The van der Waals surface area contributed by atoms with Gasteiger partial charge in [0.15, 0.2) is 0 Å². The first-order valence-electron chi connectivity index (χ1n) is 6.86. The summed E-state index contributed by atoms with van der Waals surface area (Å²) in [5.74, 6) is -1.03. The molecule has 116 valence electrons. The van der Waals surface area contributed by atoms with Gasteiger partial charge in [-0.2, -0.15) is 9.78 Å². The normalized spacial score (nSPS) is 10.5. The molecule has 0 aliphatic heterocycles. The molecule has 0 aliphatic rings. The molecule has 2 aromatic rings. The number of benzene rings is 1. The Hall–Kier alpha value is -2.34. The summed E-state index contributed by atoms with van der Waals surface area (Å²) < 4.78 is 1.15. The fourth-order valence-corrected chi connectivity index (χ4v) is 2.39. The largest absolute Gasteiger partial charge is 0.478 e. The monoisotopic (exact) mass is 321 g/mol. The van der Waals surface area contributed by atoms with Crippen LogP contribution in [0.15, 0.2) is 35.3 Å². The number of carboxylic acids is 1. The lowest BCUT2D eigenvalue weighted by atomic mass is 10.2. The Balaban J connectivity index is 2.47. The van der Waals surface area contributed by atoms with Crippen LogP contribution in [0.2, 0.25) is 5.02 Å². The second-order valence-corrected chi connectivity index (χ2v) is 4.96. The number of hydrogen-bond acceptors (Lipinski definition) is 4. The highest BCUT2D eigenvalue weighted by Crippen LogP contribution is 2.21. The maximum absolute atomic E-state index is 12.4. The molecule has 0 saturated carbocycles. The lowest BCUT2D eigenvalue weighted by Crippen LogP contribution is -2.28. The summed E-state index contributed by atoms with van der Waals surface area (Å²) in [6.07, 6.45) is 1.54. The molecule has 0 amide bonds. The zero-order valence-corrected chi connectivity index (χ0v) is 13.0. The van der Waals surface area contributed by atoms with Crippen LogP contribution in [-0.4, -0.2) is 33.9 Å². The fourth-order valence-electron chi connectivity index (χ4n) is 2.14. The average molecular weight is 322 g/mol. The highest BCUT2D eigenvalue weighted by Gasteiger charge is 2.14. The standard InChI is InChI=1S/C15H16ClN3O3/c1-3-18(4-2)12-9-17-19(14(20)13(12)16)11-7-5-10(6-8-11)15(21)22/h5-9H,3-4H2,1-2H3,(H,21,22). The number of anilines is 1. The van der Waals surface area contributed by atoms with E-state index in [0.717, 1.165) is 4.68 Å². The van der Waals surface area contributed by atoms with Crippen molar-refractivity contribution in [1.82, 2.24) is 9.78 Å². The third-order valence-electron chi connectivity index (χ3n) is 3.36. The number of carbonyl (C=O) groups is 1. The van der Waals surface area contributed by atoms with Gasteiger partial charge in [0.05, 0.1) is 23.1 Å². The van der Waals surface area contributed by atoms with Crippen molar-refractivity contribution in [2.24, 2.45) is 0 Å². The minimum absolute atomic E-state index is 0.0982. The summed E-state index contributed by atoms with van der Waals surface area (Å²) in [5, 5.41) is 13.1. The molecule has 1 heterocycles. The average Bonchev–Trinajstić information content (AvgIpc) is 2.53. The van der Waals surface area contributed by atoms with Gasteiger partial charge in [0.25, 0.3) is 5.56 Å². The van der Waals surface area contributed by atoms with E-state index < -0.39 is 11.5 Å². The maximum Gasteiger partial charge on any atom is 0.335 e. The van der Waals surface area contributed by atoms with Crippen molar-refractivity contribution in [2.75, 3.05) is 18.0 Å². The van der Waals surface area contributed by atoms with Gasteiger partial charge in [-0.1, -0.05) is 11.6 Å². The van der Waals surface area contributed by atoms with Crippen molar-refractivity contribution in [3.63, 3.8) is 0 Å². The van der Waals surface area contributed by atoms with E-state index in [-0.39, 0.29) is 10.6 Å². The van der Waals surface area contributed by atoms with Gasteiger partial charge < -0.3 is 10.0 Å². The lowest BCUT2D eigenvalue weighted by molar-refractivity contribution is 0.0697. The second-order valence-electron chi connectivity index (χ2n) is 4.59. The first-order chi connectivity index (χ1) is 10.5. The van der Waals surface area contributed by atoms with Crippen molar-refractivity contribution < 1.29 is 9.90 Å². The molecule has 0 unspecified atom stereocenters. The quantitative estimate of drug-likeness (QED) is 0.915. The molecular formula is C15H16ClN3O3. The molecule has 0 bridgehead atoms. The van der Waals surface area contributed by atoms with E-state index in [1.54, 1.807) is 6.20 Å². The molecule has 2 rings (SSSR count). The molecule has 0 saturated heterocycles. The Bertz CT molecular complexity index is 737. The summed E-state index contributed by atoms with van der Waals surface area (Å²) in [7, 11) is 0. The van der Waals surface area contributed by atoms with Gasteiger partial charge in [-0.25, -0.2) is 4.79 Å². The predicted octanol–water partition coefficient (Wildman–Crippen LogP) is 2.43.